The Morgan fingerprint density at radius 3 is 3.00 bits per heavy atom. The first-order chi connectivity index (χ1) is 10.2. The Morgan fingerprint density at radius 2 is 2.24 bits per heavy atom. The zero-order chi connectivity index (χ0) is 15.1. The summed E-state index contributed by atoms with van der Waals surface area (Å²) in [5.74, 6) is 0.771. The van der Waals surface area contributed by atoms with Gasteiger partial charge in [-0.05, 0) is 12.1 Å². The second-order valence-corrected chi connectivity index (χ2v) is 5.00. The van der Waals surface area contributed by atoms with E-state index in [1.54, 1.807) is 14.2 Å². The number of thiazole rings is 1. The Labute approximate surface area is 127 Å². The average molecular weight is 307 g/mol. The number of nitrogens with one attached hydrogen (secondary N) is 2. The van der Waals surface area contributed by atoms with Gasteiger partial charge in [-0.2, -0.15) is 0 Å². The highest BCUT2D eigenvalue weighted by molar-refractivity contribution is 7.14. The van der Waals surface area contributed by atoms with Gasteiger partial charge in [0.2, 0.25) is 0 Å². The van der Waals surface area contributed by atoms with Crippen LogP contribution in [0.25, 0.3) is 11.3 Å². The van der Waals surface area contributed by atoms with Crippen LogP contribution >= 0.6 is 11.3 Å². The predicted octanol–water partition coefficient (Wildman–Crippen LogP) is 2.59. The van der Waals surface area contributed by atoms with Gasteiger partial charge in [-0.3, -0.25) is 5.32 Å². The average Bonchev–Trinajstić information content (AvgIpc) is 2.96. The molecule has 0 bridgehead atoms. The maximum Gasteiger partial charge on any atom is 0.321 e. The van der Waals surface area contributed by atoms with Gasteiger partial charge in [-0.15, -0.1) is 11.3 Å². The molecule has 2 amide bonds. The summed E-state index contributed by atoms with van der Waals surface area (Å²) >= 11 is 1.37. The van der Waals surface area contributed by atoms with Gasteiger partial charge in [-0.25, -0.2) is 9.78 Å². The van der Waals surface area contributed by atoms with Gasteiger partial charge in [-0.1, -0.05) is 12.1 Å². The van der Waals surface area contributed by atoms with Crippen LogP contribution < -0.4 is 15.4 Å². The molecule has 2 rings (SSSR count). The summed E-state index contributed by atoms with van der Waals surface area (Å²) < 4.78 is 10.0. The maximum atomic E-state index is 11.6. The first kappa shape index (κ1) is 15.3. The molecule has 0 aliphatic rings. The van der Waals surface area contributed by atoms with E-state index in [1.807, 2.05) is 29.6 Å². The lowest BCUT2D eigenvalue weighted by Crippen LogP contribution is -2.31. The highest BCUT2D eigenvalue weighted by Crippen LogP contribution is 2.27. The van der Waals surface area contributed by atoms with Crippen molar-refractivity contribution in [2.75, 3.05) is 32.7 Å². The minimum atomic E-state index is -0.293. The standard InChI is InChI=1S/C14H17N3O3S/c1-19-7-6-15-13(18)17-14-16-12(9-21-14)10-4-3-5-11(8-10)20-2/h3-5,8-9H,6-7H2,1-2H3,(H2,15,16,17,18). The van der Waals surface area contributed by atoms with Crippen molar-refractivity contribution in [3.63, 3.8) is 0 Å². The fourth-order valence-corrected chi connectivity index (χ4v) is 2.37. The Balaban J connectivity index is 1.99. The Kier molecular flexibility index (Phi) is 5.53. The van der Waals surface area contributed by atoms with Crippen LogP contribution in [0.5, 0.6) is 5.75 Å². The number of amides is 2. The van der Waals surface area contributed by atoms with Crippen molar-refractivity contribution in [3.8, 4) is 17.0 Å². The lowest BCUT2D eigenvalue weighted by Gasteiger charge is -2.04. The number of ether oxygens (including phenoxy) is 2. The molecule has 0 aliphatic carbocycles. The molecular weight excluding hydrogens is 290 g/mol. The summed E-state index contributed by atoms with van der Waals surface area (Å²) in [5, 5.41) is 7.79. The number of hydrogen-bond donors (Lipinski definition) is 2. The molecule has 1 aromatic heterocycles. The van der Waals surface area contributed by atoms with Crippen LogP contribution in [0.3, 0.4) is 0 Å². The van der Waals surface area contributed by atoms with Crippen LogP contribution in [0.4, 0.5) is 9.93 Å². The highest BCUT2D eigenvalue weighted by Gasteiger charge is 2.08. The first-order valence-electron chi connectivity index (χ1n) is 6.36. The van der Waals surface area contributed by atoms with Crippen LogP contribution in [-0.4, -0.2) is 38.4 Å². The van der Waals surface area contributed by atoms with Gasteiger partial charge in [0.25, 0.3) is 0 Å². The monoisotopic (exact) mass is 307 g/mol. The second kappa shape index (κ2) is 7.61. The predicted molar refractivity (Wildman–Crippen MR) is 83.0 cm³/mol. The molecule has 0 saturated carbocycles. The fourth-order valence-electron chi connectivity index (χ4n) is 1.65. The minimum Gasteiger partial charge on any atom is -0.497 e. The third-order valence-electron chi connectivity index (χ3n) is 2.68. The molecule has 1 heterocycles. The van der Waals surface area contributed by atoms with Gasteiger partial charge >= 0.3 is 6.03 Å². The molecule has 0 atom stereocenters. The zero-order valence-electron chi connectivity index (χ0n) is 11.9. The van der Waals surface area contributed by atoms with E-state index in [2.05, 4.69) is 15.6 Å². The molecule has 1 aromatic carbocycles. The molecule has 2 N–H and O–H groups in total. The number of benzene rings is 1. The Bertz CT molecular complexity index is 601. The quantitative estimate of drug-likeness (QED) is 0.805. The van der Waals surface area contributed by atoms with Crippen molar-refractivity contribution in [2.24, 2.45) is 0 Å². The van der Waals surface area contributed by atoms with Crippen LogP contribution in [0, 0.1) is 0 Å². The third-order valence-corrected chi connectivity index (χ3v) is 3.44. The summed E-state index contributed by atoms with van der Waals surface area (Å²) in [7, 11) is 3.21. The third kappa shape index (κ3) is 4.44. The van der Waals surface area contributed by atoms with Gasteiger partial charge < -0.3 is 14.8 Å². The number of carbonyl (C=O) groups excluding carboxylic acids is 1. The van der Waals surface area contributed by atoms with E-state index in [1.165, 1.54) is 11.3 Å². The van der Waals surface area contributed by atoms with Crippen molar-refractivity contribution in [2.45, 2.75) is 0 Å². The van der Waals surface area contributed by atoms with Crippen LogP contribution in [0.15, 0.2) is 29.6 Å². The van der Waals surface area contributed by atoms with E-state index < -0.39 is 0 Å². The van der Waals surface area contributed by atoms with Gasteiger partial charge in [0, 0.05) is 24.6 Å². The molecule has 6 nitrogen and oxygen atoms in total. The van der Waals surface area contributed by atoms with Gasteiger partial charge in [0.05, 0.1) is 19.4 Å². The van der Waals surface area contributed by atoms with Gasteiger partial charge in [0.15, 0.2) is 5.13 Å². The summed E-state index contributed by atoms with van der Waals surface area (Å²) in [6.07, 6.45) is 0. The summed E-state index contributed by atoms with van der Waals surface area (Å²) in [6.45, 7) is 0.927. The van der Waals surface area contributed by atoms with E-state index in [-0.39, 0.29) is 6.03 Å². The molecule has 2 aromatic rings. The topological polar surface area (TPSA) is 72.5 Å². The van der Waals surface area contributed by atoms with Crippen LogP contribution in [-0.2, 0) is 4.74 Å². The molecular formula is C14H17N3O3S. The van der Waals surface area contributed by atoms with E-state index >= 15 is 0 Å². The van der Waals surface area contributed by atoms with Gasteiger partial charge in [0.1, 0.15) is 5.75 Å². The first-order valence-corrected chi connectivity index (χ1v) is 7.24. The van der Waals surface area contributed by atoms with Crippen LogP contribution in [0.2, 0.25) is 0 Å². The molecule has 21 heavy (non-hydrogen) atoms. The van der Waals surface area contributed by atoms with Crippen molar-refractivity contribution >= 4 is 22.5 Å². The molecule has 0 spiro atoms. The van der Waals surface area contributed by atoms with E-state index in [0.717, 1.165) is 17.0 Å². The van der Waals surface area contributed by atoms with E-state index in [4.69, 9.17) is 9.47 Å². The number of carbonyl (C=O) groups is 1. The van der Waals surface area contributed by atoms with Crippen molar-refractivity contribution in [3.05, 3.63) is 29.6 Å². The molecule has 0 aliphatic heterocycles. The SMILES string of the molecule is COCCNC(=O)Nc1nc(-c2cccc(OC)c2)cs1. The maximum absolute atomic E-state index is 11.6. The van der Waals surface area contributed by atoms with E-state index in [9.17, 15) is 4.79 Å². The summed E-state index contributed by atoms with van der Waals surface area (Å²) in [6, 6.07) is 7.33. The number of rotatable bonds is 6. The molecule has 0 unspecified atom stereocenters. The molecule has 0 fully saturated rings. The van der Waals surface area contributed by atoms with Crippen molar-refractivity contribution in [1.29, 1.82) is 0 Å². The number of urea groups is 1. The smallest absolute Gasteiger partial charge is 0.321 e. The molecule has 0 radical (unpaired) electrons. The number of anilines is 1. The number of aromatic nitrogens is 1. The summed E-state index contributed by atoms with van der Waals surface area (Å²) in [4.78, 5) is 16.0. The minimum absolute atomic E-state index is 0.293. The molecule has 7 heteroatoms. The lowest BCUT2D eigenvalue weighted by atomic mass is 10.2. The number of hydrogen-bond acceptors (Lipinski definition) is 5. The normalized spacial score (nSPS) is 10.2. The van der Waals surface area contributed by atoms with Crippen molar-refractivity contribution < 1.29 is 14.3 Å². The Hall–Kier alpha value is -2.12. The molecule has 0 saturated heterocycles. The van der Waals surface area contributed by atoms with Crippen molar-refractivity contribution in [1.82, 2.24) is 10.3 Å². The number of nitrogens with zero attached hydrogens (tertiary/aromatic N) is 1. The van der Waals surface area contributed by atoms with Crippen LogP contribution in [0.1, 0.15) is 0 Å². The highest BCUT2D eigenvalue weighted by atomic mass is 32.1. The van der Waals surface area contributed by atoms with E-state index in [0.29, 0.717) is 18.3 Å². The number of methoxy groups -OCH3 is 2. The second-order valence-electron chi connectivity index (χ2n) is 4.14. The fraction of sp³-hybridized carbons (Fsp3) is 0.286. The lowest BCUT2D eigenvalue weighted by molar-refractivity contribution is 0.198. The Morgan fingerprint density at radius 1 is 1.38 bits per heavy atom. The zero-order valence-corrected chi connectivity index (χ0v) is 12.7. The largest absolute Gasteiger partial charge is 0.497 e. The molecule has 112 valence electrons. The summed E-state index contributed by atoms with van der Waals surface area (Å²) in [5.41, 5.74) is 1.74.